The largest absolute Gasteiger partial charge is 0.355 e. The second kappa shape index (κ2) is 7.28. The van der Waals surface area contributed by atoms with E-state index in [-0.39, 0.29) is 5.91 Å². The number of aromatic nitrogens is 2. The van der Waals surface area contributed by atoms with Crippen molar-refractivity contribution in [1.82, 2.24) is 15.1 Å². The molecule has 1 heterocycles. The highest BCUT2D eigenvalue weighted by atomic mass is 16.2. The molecule has 0 spiro atoms. The van der Waals surface area contributed by atoms with Crippen LogP contribution in [0.1, 0.15) is 38.1 Å². The monoisotopic (exact) mass is 266 g/mol. The van der Waals surface area contributed by atoms with Gasteiger partial charge < -0.3 is 11.1 Å². The van der Waals surface area contributed by atoms with Crippen molar-refractivity contribution >= 4 is 5.91 Å². The van der Waals surface area contributed by atoms with Crippen molar-refractivity contribution in [1.29, 1.82) is 0 Å². The second-order valence-corrected chi connectivity index (χ2v) is 5.53. The quantitative estimate of drug-likeness (QED) is 0.732. The number of hydrogen-bond acceptors (Lipinski definition) is 3. The number of hydrogen-bond donors (Lipinski definition) is 2. The van der Waals surface area contributed by atoms with E-state index in [2.05, 4.69) is 30.3 Å². The maximum Gasteiger partial charge on any atom is 0.236 e. The van der Waals surface area contributed by atoms with Gasteiger partial charge in [-0.05, 0) is 38.7 Å². The Labute approximate surface area is 115 Å². The van der Waals surface area contributed by atoms with Gasteiger partial charge in [-0.15, -0.1) is 0 Å². The molecule has 1 aromatic rings. The summed E-state index contributed by atoms with van der Waals surface area (Å²) in [6.07, 6.45) is 1.59. The lowest BCUT2D eigenvalue weighted by atomic mass is 10.0. The molecule has 0 aliphatic carbocycles. The maximum absolute atomic E-state index is 11.7. The van der Waals surface area contributed by atoms with Crippen molar-refractivity contribution in [3.05, 3.63) is 17.5 Å². The standard InChI is InChI=1S/C14H26N4O/c1-10(2)8-13(15)14(19)16-6-5-7-18-12(4)9-11(3)17-18/h9-10,13H,5-8,15H2,1-4H3,(H,16,19)/t13-/m0/s1. The first-order valence-electron chi connectivity index (χ1n) is 6.94. The molecule has 5 heteroatoms. The lowest BCUT2D eigenvalue weighted by molar-refractivity contribution is -0.122. The van der Waals surface area contributed by atoms with Crippen LogP contribution in [0.25, 0.3) is 0 Å². The van der Waals surface area contributed by atoms with Gasteiger partial charge in [-0.25, -0.2) is 0 Å². The average molecular weight is 266 g/mol. The van der Waals surface area contributed by atoms with E-state index < -0.39 is 6.04 Å². The molecule has 0 fully saturated rings. The first kappa shape index (κ1) is 15.7. The van der Waals surface area contributed by atoms with E-state index in [4.69, 9.17) is 5.73 Å². The third-order valence-electron chi connectivity index (χ3n) is 3.01. The van der Waals surface area contributed by atoms with Crippen LogP contribution < -0.4 is 11.1 Å². The van der Waals surface area contributed by atoms with Gasteiger partial charge in [0.15, 0.2) is 0 Å². The molecule has 0 unspecified atom stereocenters. The van der Waals surface area contributed by atoms with Gasteiger partial charge in [0.2, 0.25) is 5.91 Å². The molecule has 1 aromatic heterocycles. The van der Waals surface area contributed by atoms with Gasteiger partial charge in [-0.3, -0.25) is 9.48 Å². The van der Waals surface area contributed by atoms with Crippen molar-refractivity contribution in [2.45, 2.75) is 53.1 Å². The predicted octanol–water partition coefficient (Wildman–Crippen LogP) is 1.38. The normalized spacial score (nSPS) is 12.7. The molecule has 0 aliphatic rings. The molecule has 0 saturated carbocycles. The number of nitrogens with one attached hydrogen (secondary N) is 1. The Bertz CT molecular complexity index is 412. The zero-order valence-electron chi connectivity index (χ0n) is 12.4. The molecule has 3 N–H and O–H groups in total. The van der Waals surface area contributed by atoms with Crippen LogP contribution in [0.4, 0.5) is 0 Å². The minimum Gasteiger partial charge on any atom is -0.355 e. The third-order valence-corrected chi connectivity index (χ3v) is 3.01. The molecule has 5 nitrogen and oxygen atoms in total. The molecule has 19 heavy (non-hydrogen) atoms. The van der Waals surface area contributed by atoms with Crippen LogP contribution in [0, 0.1) is 19.8 Å². The summed E-state index contributed by atoms with van der Waals surface area (Å²) in [4.78, 5) is 11.7. The number of nitrogens with two attached hydrogens (primary N) is 1. The summed E-state index contributed by atoms with van der Waals surface area (Å²) in [6, 6.07) is 1.66. The van der Waals surface area contributed by atoms with Crippen LogP contribution in [0.3, 0.4) is 0 Å². The Hall–Kier alpha value is -1.36. The van der Waals surface area contributed by atoms with Gasteiger partial charge in [-0.1, -0.05) is 13.8 Å². The van der Waals surface area contributed by atoms with Gasteiger partial charge in [0.25, 0.3) is 0 Å². The summed E-state index contributed by atoms with van der Waals surface area (Å²) in [5.41, 5.74) is 7.99. The number of carbonyl (C=O) groups excluding carboxylic acids is 1. The van der Waals surface area contributed by atoms with Gasteiger partial charge in [0.05, 0.1) is 11.7 Å². The van der Waals surface area contributed by atoms with Crippen LogP contribution in [0.5, 0.6) is 0 Å². The van der Waals surface area contributed by atoms with Crippen molar-refractivity contribution in [3.8, 4) is 0 Å². The Balaban J connectivity index is 2.24. The zero-order chi connectivity index (χ0) is 14.4. The molecule has 1 amide bonds. The average Bonchev–Trinajstić information content (AvgIpc) is 2.62. The topological polar surface area (TPSA) is 72.9 Å². The van der Waals surface area contributed by atoms with E-state index >= 15 is 0 Å². The molecule has 1 atom stereocenters. The zero-order valence-corrected chi connectivity index (χ0v) is 12.4. The number of carbonyl (C=O) groups is 1. The smallest absolute Gasteiger partial charge is 0.236 e. The van der Waals surface area contributed by atoms with Crippen LogP contribution in [-0.4, -0.2) is 28.3 Å². The summed E-state index contributed by atoms with van der Waals surface area (Å²) in [7, 11) is 0. The van der Waals surface area contributed by atoms with Gasteiger partial charge in [0.1, 0.15) is 0 Å². The molecule has 0 radical (unpaired) electrons. The summed E-state index contributed by atoms with van der Waals surface area (Å²) in [5, 5.41) is 7.26. The van der Waals surface area contributed by atoms with Gasteiger partial charge in [-0.2, -0.15) is 5.10 Å². The summed E-state index contributed by atoms with van der Waals surface area (Å²) >= 11 is 0. The van der Waals surface area contributed by atoms with Crippen LogP contribution >= 0.6 is 0 Å². The minimum absolute atomic E-state index is 0.0536. The van der Waals surface area contributed by atoms with Gasteiger partial charge in [0, 0.05) is 18.8 Å². The highest BCUT2D eigenvalue weighted by molar-refractivity contribution is 5.81. The lowest BCUT2D eigenvalue weighted by Crippen LogP contribution is -2.41. The van der Waals surface area contributed by atoms with E-state index in [1.807, 2.05) is 18.5 Å². The minimum atomic E-state index is -0.395. The first-order valence-corrected chi connectivity index (χ1v) is 6.94. The van der Waals surface area contributed by atoms with Crippen LogP contribution in [-0.2, 0) is 11.3 Å². The van der Waals surface area contributed by atoms with Crippen LogP contribution in [0.15, 0.2) is 6.07 Å². The predicted molar refractivity (Wildman–Crippen MR) is 76.8 cm³/mol. The Morgan fingerprint density at radius 1 is 1.47 bits per heavy atom. The first-order chi connectivity index (χ1) is 8.90. The molecule has 0 bridgehead atoms. The highest BCUT2D eigenvalue weighted by Gasteiger charge is 2.13. The molecular formula is C14H26N4O. The van der Waals surface area contributed by atoms with Crippen molar-refractivity contribution in [2.75, 3.05) is 6.54 Å². The molecule has 108 valence electrons. The fourth-order valence-corrected chi connectivity index (χ4v) is 2.09. The van der Waals surface area contributed by atoms with Crippen LogP contribution in [0.2, 0.25) is 0 Å². The summed E-state index contributed by atoms with van der Waals surface area (Å²) in [6.45, 7) is 9.61. The summed E-state index contributed by atoms with van der Waals surface area (Å²) < 4.78 is 1.97. The van der Waals surface area contributed by atoms with Crippen molar-refractivity contribution in [2.24, 2.45) is 11.7 Å². The SMILES string of the molecule is Cc1cc(C)n(CCCNC(=O)[C@@H](N)CC(C)C)n1. The van der Waals surface area contributed by atoms with Crippen molar-refractivity contribution in [3.63, 3.8) is 0 Å². The Morgan fingerprint density at radius 2 is 2.16 bits per heavy atom. The third kappa shape index (κ3) is 5.42. The van der Waals surface area contributed by atoms with E-state index in [0.29, 0.717) is 12.5 Å². The van der Waals surface area contributed by atoms with E-state index in [1.54, 1.807) is 0 Å². The van der Waals surface area contributed by atoms with E-state index in [9.17, 15) is 4.79 Å². The number of rotatable bonds is 7. The number of amides is 1. The number of aryl methyl sites for hydroxylation is 3. The van der Waals surface area contributed by atoms with Crippen molar-refractivity contribution < 1.29 is 4.79 Å². The summed E-state index contributed by atoms with van der Waals surface area (Å²) in [5.74, 6) is 0.387. The Morgan fingerprint density at radius 3 is 2.68 bits per heavy atom. The Kier molecular flexibility index (Phi) is 6.02. The van der Waals surface area contributed by atoms with Gasteiger partial charge >= 0.3 is 0 Å². The number of nitrogens with zero attached hydrogens (tertiary/aromatic N) is 2. The molecule has 0 aromatic carbocycles. The lowest BCUT2D eigenvalue weighted by Gasteiger charge is -2.14. The molecule has 1 rings (SSSR count). The molecule has 0 saturated heterocycles. The molecule has 0 aliphatic heterocycles. The maximum atomic E-state index is 11.7. The fraction of sp³-hybridized carbons (Fsp3) is 0.714. The fourth-order valence-electron chi connectivity index (χ4n) is 2.09. The van der Waals surface area contributed by atoms with E-state index in [1.165, 1.54) is 0 Å². The van der Waals surface area contributed by atoms with E-state index in [0.717, 1.165) is 30.8 Å². The second-order valence-electron chi connectivity index (χ2n) is 5.53. The molecular weight excluding hydrogens is 240 g/mol. The highest BCUT2D eigenvalue weighted by Crippen LogP contribution is 2.03.